The fourth-order valence-corrected chi connectivity index (χ4v) is 0.571. The van der Waals surface area contributed by atoms with Gasteiger partial charge >= 0.3 is 0 Å². The Morgan fingerprint density at radius 1 is 2.00 bits per heavy atom. The number of hydroxylamine groups is 1. The average Bonchev–Trinajstić information content (AvgIpc) is 2.14. The Morgan fingerprint density at radius 3 is 3.00 bits per heavy atom. The molecule has 0 aromatic heterocycles. The maximum Gasteiger partial charge on any atom is 0.246 e. The molecule has 0 spiro atoms. The molecule has 1 atom stereocenters. The van der Waals surface area contributed by atoms with E-state index in [1.165, 1.54) is 0 Å². The number of amides is 1. The predicted molar refractivity (Wildman–Crippen MR) is 26.7 cm³/mol. The van der Waals surface area contributed by atoms with Gasteiger partial charge < -0.3 is 5.73 Å². The van der Waals surface area contributed by atoms with E-state index in [-0.39, 0.29) is 12.0 Å². The van der Waals surface area contributed by atoms with Gasteiger partial charge in [-0.3, -0.25) is 9.63 Å². The summed E-state index contributed by atoms with van der Waals surface area (Å²) in [5, 5.41) is 0. The minimum absolute atomic E-state index is 0.0829. The Bertz CT molecular complexity index is 104. The zero-order chi connectivity index (χ0) is 5.98. The van der Waals surface area contributed by atoms with Crippen molar-refractivity contribution in [2.24, 2.45) is 5.73 Å². The molecule has 0 saturated carbocycles. The molecule has 1 unspecified atom stereocenters. The smallest absolute Gasteiger partial charge is 0.246 e. The minimum Gasteiger partial charge on any atom is -0.328 e. The lowest BCUT2D eigenvalue weighted by molar-refractivity contribution is -0.124. The molecule has 1 heterocycles. The van der Waals surface area contributed by atoms with Crippen LogP contribution < -0.4 is 11.2 Å². The molecule has 46 valence electrons. The first-order chi connectivity index (χ1) is 3.83. The first kappa shape index (κ1) is 5.53. The van der Waals surface area contributed by atoms with Crippen molar-refractivity contribution in [3.8, 4) is 0 Å². The average molecular weight is 116 g/mol. The number of carbonyl (C=O) groups excluding carboxylic acids is 1. The third-order valence-corrected chi connectivity index (χ3v) is 1.02. The Balaban J connectivity index is 2.32. The largest absolute Gasteiger partial charge is 0.328 e. The Morgan fingerprint density at radius 2 is 2.75 bits per heavy atom. The van der Waals surface area contributed by atoms with Crippen molar-refractivity contribution in [3.63, 3.8) is 0 Å². The standard InChI is InChI=1S/C4H8N2O2/c5-2-3-1-4(7)6-8-3/h3H,1-2,5H2,(H,6,7). The van der Waals surface area contributed by atoms with Gasteiger partial charge in [-0.1, -0.05) is 0 Å². The van der Waals surface area contributed by atoms with Gasteiger partial charge in [0, 0.05) is 6.54 Å². The molecule has 4 heteroatoms. The fourth-order valence-electron chi connectivity index (χ4n) is 0.571. The van der Waals surface area contributed by atoms with Crippen molar-refractivity contribution in [1.29, 1.82) is 0 Å². The molecule has 1 amide bonds. The highest BCUT2D eigenvalue weighted by atomic mass is 16.7. The van der Waals surface area contributed by atoms with Crippen molar-refractivity contribution >= 4 is 5.91 Å². The molecule has 1 aliphatic heterocycles. The molecule has 0 bridgehead atoms. The maximum absolute atomic E-state index is 10.3. The highest BCUT2D eigenvalue weighted by Gasteiger charge is 2.20. The van der Waals surface area contributed by atoms with Gasteiger partial charge in [-0.05, 0) is 0 Å². The van der Waals surface area contributed by atoms with Gasteiger partial charge in [0.15, 0.2) is 0 Å². The summed E-state index contributed by atoms with van der Waals surface area (Å²) in [6.45, 7) is 0.402. The lowest BCUT2D eigenvalue weighted by Gasteiger charge is -1.98. The number of nitrogens with one attached hydrogen (secondary N) is 1. The van der Waals surface area contributed by atoms with E-state index in [1.54, 1.807) is 0 Å². The molecule has 1 aliphatic rings. The van der Waals surface area contributed by atoms with Crippen LogP contribution in [0.2, 0.25) is 0 Å². The van der Waals surface area contributed by atoms with Crippen LogP contribution in [0.5, 0.6) is 0 Å². The summed E-state index contributed by atoms with van der Waals surface area (Å²) in [7, 11) is 0. The Labute approximate surface area is 46.9 Å². The van der Waals surface area contributed by atoms with E-state index in [9.17, 15) is 4.79 Å². The number of hydrogen-bond acceptors (Lipinski definition) is 3. The van der Waals surface area contributed by atoms with E-state index in [0.717, 1.165) is 0 Å². The van der Waals surface area contributed by atoms with Crippen molar-refractivity contribution in [2.75, 3.05) is 6.54 Å². The van der Waals surface area contributed by atoms with E-state index in [0.29, 0.717) is 13.0 Å². The summed E-state index contributed by atoms with van der Waals surface area (Å²) < 4.78 is 0. The highest BCUT2D eigenvalue weighted by molar-refractivity contribution is 5.76. The molecule has 1 rings (SSSR count). The van der Waals surface area contributed by atoms with E-state index in [2.05, 4.69) is 10.3 Å². The second-order valence-electron chi connectivity index (χ2n) is 1.70. The summed E-state index contributed by atoms with van der Waals surface area (Å²) in [5.41, 5.74) is 7.38. The quantitative estimate of drug-likeness (QED) is 0.450. The number of carbonyl (C=O) groups is 1. The van der Waals surface area contributed by atoms with Crippen LogP contribution in [-0.2, 0) is 9.63 Å². The van der Waals surface area contributed by atoms with Gasteiger partial charge in [0.2, 0.25) is 5.91 Å². The molecule has 0 aliphatic carbocycles. The Hall–Kier alpha value is -0.610. The molecule has 8 heavy (non-hydrogen) atoms. The number of nitrogens with two attached hydrogens (primary N) is 1. The first-order valence-corrected chi connectivity index (χ1v) is 2.47. The van der Waals surface area contributed by atoms with Gasteiger partial charge in [-0.25, -0.2) is 5.48 Å². The van der Waals surface area contributed by atoms with Crippen LogP contribution in [-0.4, -0.2) is 18.6 Å². The Kier molecular flexibility index (Phi) is 1.45. The number of rotatable bonds is 1. The zero-order valence-electron chi connectivity index (χ0n) is 4.39. The normalized spacial score (nSPS) is 28.1. The summed E-state index contributed by atoms with van der Waals surface area (Å²) >= 11 is 0. The van der Waals surface area contributed by atoms with E-state index in [4.69, 9.17) is 5.73 Å². The molecule has 1 saturated heterocycles. The molecular weight excluding hydrogens is 108 g/mol. The zero-order valence-corrected chi connectivity index (χ0v) is 4.39. The summed E-state index contributed by atoms with van der Waals surface area (Å²) in [5.74, 6) is -0.0829. The molecule has 4 nitrogen and oxygen atoms in total. The van der Waals surface area contributed by atoms with E-state index in [1.807, 2.05) is 0 Å². The molecule has 0 aromatic rings. The summed E-state index contributed by atoms with van der Waals surface area (Å²) in [6, 6.07) is 0. The van der Waals surface area contributed by atoms with Crippen LogP contribution in [0, 0.1) is 0 Å². The lowest BCUT2D eigenvalue weighted by atomic mass is 10.3. The summed E-state index contributed by atoms with van der Waals surface area (Å²) in [6.07, 6.45) is 0.291. The SMILES string of the molecule is NCC1CC(=O)NO1. The van der Waals surface area contributed by atoms with Crippen molar-refractivity contribution in [1.82, 2.24) is 5.48 Å². The van der Waals surface area contributed by atoms with Crippen molar-refractivity contribution in [3.05, 3.63) is 0 Å². The van der Waals surface area contributed by atoms with Gasteiger partial charge in [0.05, 0.1) is 6.42 Å². The van der Waals surface area contributed by atoms with Crippen molar-refractivity contribution < 1.29 is 9.63 Å². The lowest BCUT2D eigenvalue weighted by Crippen LogP contribution is -2.20. The molecule has 3 N–H and O–H groups in total. The van der Waals surface area contributed by atoms with Crippen LogP contribution in [0.4, 0.5) is 0 Å². The molecule has 0 radical (unpaired) electrons. The second kappa shape index (κ2) is 2.11. The predicted octanol–water partition coefficient (Wildman–Crippen LogP) is -1.23. The van der Waals surface area contributed by atoms with Crippen LogP contribution in [0.3, 0.4) is 0 Å². The van der Waals surface area contributed by atoms with Crippen LogP contribution >= 0.6 is 0 Å². The topological polar surface area (TPSA) is 64.4 Å². The second-order valence-corrected chi connectivity index (χ2v) is 1.70. The van der Waals surface area contributed by atoms with E-state index < -0.39 is 0 Å². The van der Waals surface area contributed by atoms with Gasteiger partial charge in [0.1, 0.15) is 6.10 Å². The molecular formula is C4H8N2O2. The van der Waals surface area contributed by atoms with Crippen molar-refractivity contribution in [2.45, 2.75) is 12.5 Å². The monoisotopic (exact) mass is 116 g/mol. The highest BCUT2D eigenvalue weighted by Crippen LogP contribution is 2.00. The van der Waals surface area contributed by atoms with E-state index >= 15 is 0 Å². The minimum atomic E-state index is -0.109. The third kappa shape index (κ3) is 0.962. The third-order valence-electron chi connectivity index (χ3n) is 1.02. The molecule has 1 fully saturated rings. The van der Waals surface area contributed by atoms with Crippen LogP contribution in [0.25, 0.3) is 0 Å². The van der Waals surface area contributed by atoms with Gasteiger partial charge in [-0.2, -0.15) is 0 Å². The van der Waals surface area contributed by atoms with Crippen LogP contribution in [0.1, 0.15) is 6.42 Å². The molecule has 0 aromatic carbocycles. The first-order valence-electron chi connectivity index (χ1n) is 2.47. The maximum atomic E-state index is 10.3. The van der Waals surface area contributed by atoms with Gasteiger partial charge in [0.25, 0.3) is 0 Å². The fraction of sp³-hybridized carbons (Fsp3) is 0.750. The summed E-state index contributed by atoms with van der Waals surface area (Å²) in [4.78, 5) is 15.0. The number of hydrogen-bond donors (Lipinski definition) is 2. The van der Waals surface area contributed by atoms with Crippen LogP contribution in [0.15, 0.2) is 0 Å². The van der Waals surface area contributed by atoms with Gasteiger partial charge in [-0.15, -0.1) is 0 Å².